The Bertz CT molecular complexity index is 242. The van der Waals surface area contributed by atoms with E-state index in [1.807, 2.05) is 20.8 Å². The van der Waals surface area contributed by atoms with Crippen LogP contribution in [0.25, 0.3) is 0 Å². The van der Waals surface area contributed by atoms with Crippen molar-refractivity contribution in [2.24, 2.45) is 11.1 Å². The van der Waals surface area contributed by atoms with Gasteiger partial charge < -0.3 is 11.1 Å². The molecule has 0 aromatic carbocycles. The molecule has 0 aliphatic rings. The molecule has 0 aromatic rings. The quantitative estimate of drug-likeness (QED) is 0.692. The van der Waals surface area contributed by atoms with Crippen LogP contribution in [-0.2, 0) is 15.6 Å². The Balaban J connectivity index is 3.88. The molecule has 0 radical (unpaired) electrons. The summed E-state index contributed by atoms with van der Waals surface area (Å²) < 4.78 is 11.1. The van der Waals surface area contributed by atoms with E-state index in [1.54, 1.807) is 6.26 Å². The van der Waals surface area contributed by atoms with Crippen molar-refractivity contribution >= 4 is 16.7 Å². The molecule has 5 heteroatoms. The second-order valence-electron chi connectivity index (χ2n) is 4.44. The minimum absolute atomic E-state index is 0.0425. The van der Waals surface area contributed by atoms with Crippen molar-refractivity contribution in [1.29, 1.82) is 0 Å². The number of carbonyl (C=O) groups excluding carboxylic acids is 1. The van der Waals surface area contributed by atoms with Crippen molar-refractivity contribution in [3.63, 3.8) is 0 Å². The van der Waals surface area contributed by atoms with Gasteiger partial charge in [-0.15, -0.1) is 0 Å². The van der Waals surface area contributed by atoms with Crippen molar-refractivity contribution in [3.8, 4) is 0 Å². The predicted octanol–water partition coefficient (Wildman–Crippen LogP) is 0.245. The molecule has 0 aliphatic heterocycles. The molecular weight excluding hydrogens is 212 g/mol. The van der Waals surface area contributed by atoms with E-state index < -0.39 is 16.2 Å². The van der Waals surface area contributed by atoms with Gasteiger partial charge in [-0.05, 0) is 20.3 Å². The fourth-order valence-corrected chi connectivity index (χ4v) is 1.34. The summed E-state index contributed by atoms with van der Waals surface area (Å²) in [5.74, 6) is -0.0425. The average molecular weight is 234 g/mol. The molecule has 4 nitrogen and oxygen atoms in total. The SMILES string of the molecule is CC(CCNC(=O)C(C)(C)CN)S(C)=O. The van der Waals surface area contributed by atoms with Crippen molar-refractivity contribution in [2.75, 3.05) is 19.3 Å². The van der Waals surface area contributed by atoms with Crippen LogP contribution in [0.2, 0.25) is 0 Å². The fraction of sp³-hybridized carbons (Fsp3) is 0.900. The van der Waals surface area contributed by atoms with Crippen LogP contribution >= 0.6 is 0 Å². The van der Waals surface area contributed by atoms with Gasteiger partial charge in [0.05, 0.1) is 5.41 Å². The van der Waals surface area contributed by atoms with E-state index in [0.717, 1.165) is 6.42 Å². The van der Waals surface area contributed by atoms with E-state index in [0.29, 0.717) is 13.1 Å². The van der Waals surface area contributed by atoms with Gasteiger partial charge in [0.25, 0.3) is 0 Å². The number of rotatable bonds is 6. The van der Waals surface area contributed by atoms with Gasteiger partial charge in [0.2, 0.25) is 5.91 Å². The summed E-state index contributed by atoms with van der Waals surface area (Å²) >= 11 is 0. The molecule has 0 fully saturated rings. The van der Waals surface area contributed by atoms with Gasteiger partial charge in [-0.2, -0.15) is 0 Å². The summed E-state index contributed by atoms with van der Waals surface area (Å²) in [7, 11) is -0.824. The second-order valence-corrected chi connectivity index (χ2v) is 6.24. The molecule has 0 saturated carbocycles. The zero-order valence-corrected chi connectivity index (χ0v) is 10.8. The largest absolute Gasteiger partial charge is 0.356 e. The predicted molar refractivity (Wildman–Crippen MR) is 64.0 cm³/mol. The molecule has 0 bridgehead atoms. The number of hydrogen-bond acceptors (Lipinski definition) is 3. The van der Waals surface area contributed by atoms with E-state index in [4.69, 9.17) is 5.73 Å². The molecule has 3 N–H and O–H groups in total. The highest BCUT2D eigenvalue weighted by Crippen LogP contribution is 2.12. The highest BCUT2D eigenvalue weighted by molar-refractivity contribution is 7.84. The molecule has 2 atom stereocenters. The smallest absolute Gasteiger partial charge is 0.226 e. The third kappa shape index (κ3) is 5.28. The molecule has 0 spiro atoms. The topological polar surface area (TPSA) is 72.2 Å². The third-order valence-corrected chi connectivity index (χ3v) is 3.90. The molecule has 0 rings (SSSR count). The lowest BCUT2D eigenvalue weighted by atomic mass is 9.93. The molecule has 0 aliphatic carbocycles. The number of nitrogens with one attached hydrogen (secondary N) is 1. The molecule has 0 saturated heterocycles. The monoisotopic (exact) mass is 234 g/mol. The maximum atomic E-state index is 11.6. The molecule has 1 amide bonds. The Morgan fingerprint density at radius 1 is 1.53 bits per heavy atom. The van der Waals surface area contributed by atoms with Crippen LogP contribution in [0.4, 0.5) is 0 Å². The number of amides is 1. The average Bonchev–Trinajstić information content (AvgIpc) is 2.17. The first-order chi connectivity index (χ1) is 6.81. The minimum Gasteiger partial charge on any atom is -0.356 e. The summed E-state index contributed by atoms with van der Waals surface area (Å²) in [6.07, 6.45) is 2.41. The van der Waals surface area contributed by atoms with E-state index in [2.05, 4.69) is 5.32 Å². The maximum absolute atomic E-state index is 11.6. The zero-order chi connectivity index (χ0) is 12.1. The molecular formula is C10H22N2O2S. The summed E-state index contributed by atoms with van der Waals surface area (Å²) in [6, 6.07) is 0. The van der Waals surface area contributed by atoms with Crippen molar-refractivity contribution < 1.29 is 9.00 Å². The van der Waals surface area contributed by atoms with E-state index >= 15 is 0 Å². The van der Waals surface area contributed by atoms with Crippen LogP contribution in [-0.4, -0.2) is 34.7 Å². The standard InChI is InChI=1S/C10H22N2O2S/c1-8(15(4)14)5-6-12-9(13)10(2,3)7-11/h8H,5-7,11H2,1-4H3,(H,12,13). The highest BCUT2D eigenvalue weighted by atomic mass is 32.2. The summed E-state index contributed by atoms with van der Waals surface area (Å²) in [5, 5.41) is 2.92. The van der Waals surface area contributed by atoms with Gasteiger partial charge in [0.1, 0.15) is 0 Å². The molecule has 15 heavy (non-hydrogen) atoms. The number of hydrogen-bond donors (Lipinski definition) is 2. The first-order valence-corrected chi connectivity index (χ1v) is 6.74. The Morgan fingerprint density at radius 2 is 2.07 bits per heavy atom. The molecule has 90 valence electrons. The first kappa shape index (κ1) is 14.6. The lowest BCUT2D eigenvalue weighted by Gasteiger charge is -2.21. The normalized spacial score (nSPS) is 15.8. The van der Waals surface area contributed by atoms with E-state index in [1.165, 1.54) is 0 Å². The van der Waals surface area contributed by atoms with Gasteiger partial charge in [-0.3, -0.25) is 9.00 Å². The minimum atomic E-state index is -0.824. The Hall–Kier alpha value is -0.420. The lowest BCUT2D eigenvalue weighted by Crippen LogP contribution is -2.42. The van der Waals surface area contributed by atoms with Gasteiger partial charge in [0, 0.05) is 35.4 Å². The van der Waals surface area contributed by atoms with Crippen LogP contribution in [0.3, 0.4) is 0 Å². The Kier molecular flexibility index (Phi) is 6.05. The van der Waals surface area contributed by atoms with E-state index in [-0.39, 0.29) is 11.2 Å². The summed E-state index contributed by atoms with van der Waals surface area (Å²) in [4.78, 5) is 11.6. The van der Waals surface area contributed by atoms with Crippen LogP contribution in [0, 0.1) is 5.41 Å². The number of nitrogens with two attached hydrogens (primary N) is 1. The maximum Gasteiger partial charge on any atom is 0.226 e. The van der Waals surface area contributed by atoms with Gasteiger partial charge in [-0.1, -0.05) is 6.92 Å². The van der Waals surface area contributed by atoms with Crippen molar-refractivity contribution in [2.45, 2.75) is 32.4 Å². The van der Waals surface area contributed by atoms with E-state index in [9.17, 15) is 9.00 Å². The fourth-order valence-electron chi connectivity index (χ4n) is 0.887. The highest BCUT2D eigenvalue weighted by Gasteiger charge is 2.25. The molecule has 0 aromatic heterocycles. The zero-order valence-electron chi connectivity index (χ0n) is 10.0. The van der Waals surface area contributed by atoms with Gasteiger partial charge >= 0.3 is 0 Å². The van der Waals surface area contributed by atoms with Crippen LogP contribution in [0.5, 0.6) is 0 Å². The van der Waals surface area contributed by atoms with Crippen molar-refractivity contribution in [1.82, 2.24) is 5.32 Å². The Morgan fingerprint density at radius 3 is 2.47 bits per heavy atom. The summed E-state index contributed by atoms with van der Waals surface area (Å²) in [5.41, 5.74) is 4.96. The van der Waals surface area contributed by atoms with Crippen LogP contribution in [0.1, 0.15) is 27.2 Å². The second kappa shape index (κ2) is 6.23. The number of carbonyl (C=O) groups is 1. The molecule has 2 unspecified atom stereocenters. The lowest BCUT2D eigenvalue weighted by molar-refractivity contribution is -0.128. The van der Waals surface area contributed by atoms with Gasteiger partial charge in [-0.25, -0.2) is 0 Å². The van der Waals surface area contributed by atoms with Gasteiger partial charge in [0.15, 0.2) is 0 Å². The van der Waals surface area contributed by atoms with Crippen molar-refractivity contribution in [3.05, 3.63) is 0 Å². The first-order valence-electron chi connectivity index (χ1n) is 5.12. The summed E-state index contributed by atoms with van der Waals surface area (Å²) in [6.45, 7) is 6.42. The third-order valence-electron chi connectivity index (χ3n) is 2.53. The Labute approximate surface area is 94.4 Å². The molecule has 0 heterocycles. The van der Waals surface area contributed by atoms with Crippen LogP contribution < -0.4 is 11.1 Å². The van der Waals surface area contributed by atoms with Crippen LogP contribution in [0.15, 0.2) is 0 Å².